The van der Waals surface area contributed by atoms with E-state index in [4.69, 9.17) is 17.0 Å². The maximum atomic E-state index is 12.8. The van der Waals surface area contributed by atoms with E-state index in [9.17, 15) is 9.18 Å². The third-order valence-corrected chi connectivity index (χ3v) is 3.70. The second kappa shape index (κ2) is 9.58. The zero-order chi connectivity index (χ0) is 18.1. The van der Waals surface area contributed by atoms with Gasteiger partial charge in [0.25, 0.3) is 5.91 Å². The summed E-state index contributed by atoms with van der Waals surface area (Å²) in [7, 11) is 1.63. The van der Waals surface area contributed by atoms with E-state index in [1.165, 1.54) is 24.3 Å². The van der Waals surface area contributed by atoms with Gasteiger partial charge < -0.3 is 20.7 Å². The van der Waals surface area contributed by atoms with Crippen molar-refractivity contribution in [3.05, 3.63) is 65.5 Å². The lowest BCUT2D eigenvalue weighted by molar-refractivity contribution is 0.0954. The van der Waals surface area contributed by atoms with Gasteiger partial charge in [-0.3, -0.25) is 4.79 Å². The molecule has 2 rings (SSSR count). The van der Waals surface area contributed by atoms with E-state index < -0.39 is 0 Å². The molecule has 2 aromatic carbocycles. The lowest BCUT2D eigenvalue weighted by atomic mass is 10.2. The van der Waals surface area contributed by atoms with Gasteiger partial charge in [-0.05, 0) is 54.2 Å². The van der Waals surface area contributed by atoms with E-state index in [1.807, 2.05) is 24.3 Å². The van der Waals surface area contributed by atoms with Crippen LogP contribution < -0.4 is 20.7 Å². The van der Waals surface area contributed by atoms with Gasteiger partial charge in [-0.25, -0.2) is 4.39 Å². The van der Waals surface area contributed by atoms with Crippen LogP contribution >= 0.6 is 12.2 Å². The fourth-order valence-corrected chi connectivity index (χ4v) is 2.22. The van der Waals surface area contributed by atoms with Gasteiger partial charge in [0.2, 0.25) is 0 Å². The smallest absolute Gasteiger partial charge is 0.251 e. The number of hydrogen-bond donors (Lipinski definition) is 3. The zero-order valence-electron chi connectivity index (χ0n) is 13.8. The van der Waals surface area contributed by atoms with Gasteiger partial charge in [-0.2, -0.15) is 0 Å². The summed E-state index contributed by atoms with van der Waals surface area (Å²) in [6.07, 6.45) is 0. The first-order valence-corrected chi connectivity index (χ1v) is 8.17. The topological polar surface area (TPSA) is 62.4 Å². The summed E-state index contributed by atoms with van der Waals surface area (Å²) in [5, 5.41) is 9.34. The van der Waals surface area contributed by atoms with Crippen molar-refractivity contribution < 1.29 is 13.9 Å². The quantitative estimate of drug-likeness (QED) is 0.521. The Morgan fingerprint density at radius 3 is 2.28 bits per heavy atom. The molecule has 132 valence electrons. The molecule has 0 saturated heterocycles. The minimum Gasteiger partial charge on any atom is -0.497 e. The molecular weight excluding hydrogens is 341 g/mol. The number of thiocarbonyl (C=S) groups is 1. The molecule has 25 heavy (non-hydrogen) atoms. The van der Waals surface area contributed by atoms with Gasteiger partial charge in [0.05, 0.1) is 7.11 Å². The number of carbonyl (C=O) groups excluding carboxylic acids is 1. The average Bonchev–Trinajstić information content (AvgIpc) is 2.64. The van der Waals surface area contributed by atoms with E-state index >= 15 is 0 Å². The molecule has 0 saturated carbocycles. The summed E-state index contributed by atoms with van der Waals surface area (Å²) < 4.78 is 17.9. The van der Waals surface area contributed by atoms with Crippen LogP contribution in [0, 0.1) is 5.82 Å². The van der Waals surface area contributed by atoms with Gasteiger partial charge in [-0.15, -0.1) is 0 Å². The van der Waals surface area contributed by atoms with Crippen LogP contribution in [-0.4, -0.2) is 31.2 Å². The maximum absolute atomic E-state index is 12.8. The standard InChI is InChI=1S/C18H20FN3O2S/c1-24-16-8-2-13(3-9-16)12-22-18(25)21-11-10-20-17(23)14-4-6-15(19)7-5-14/h2-9H,10-12H2,1H3,(H,20,23)(H2,21,22,25). The van der Waals surface area contributed by atoms with Crippen molar-refractivity contribution in [2.45, 2.75) is 6.54 Å². The van der Waals surface area contributed by atoms with E-state index in [0.717, 1.165) is 11.3 Å². The Morgan fingerprint density at radius 2 is 1.64 bits per heavy atom. The number of rotatable bonds is 7. The van der Waals surface area contributed by atoms with Gasteiger partial charge in [0.1, 0.15) is 11.6 Å². The summed E-state index contributed by atoms with van der Waals surface area (Å²) >= 11 is 5.19. The number of methoxy groups -OCH3 is 1. The molecule has 0 atom stereocenters. The predicted molar refractivity (Wildman–Crippen MR) is 99.2 cm³/mol. The molecule has 0 bridgehead atoms. The third-order valence-electron chi connectivity index (χ3n) is 3.41. The Kier molecular flexibility index (Phi) is 7.16. The Labute approximate surface area is 151 Å². The minimum absolute atomic E-state index is 0.251. The molecule has 0 aromatic heterocycles. The highest BCUT2D eigenvalue weighted by Gasteiger charge is 2.04. The van der Waals surface area contributed by atoms with E-state index in [-0.39, 0.29) is 11.7 Å². The molecule has 5 nitrogen and oxygen atoms in total. The number of amides is 1. The van der Waals surface area contributed by atoms with Gasteiger partial charge in [0.15, 0.2) is 5.11 Å². The van der Waals surface area contributed by atoms with Gasteiger partial charge in [0, 0.05) is 25.2 Å². The molecular formula is C18H20FN3O2S. The minimum atomic E-state index is -0.369. The van der Waals surface area contributed by atoms with Crippen LogP contribution in [0.1, 0.15) is 15.9 Å². The average molecular weight is 361 g/mol. The van der Waals surface area contributed by atoms with Gasteiger partial charge in [-0.1, -0.05) is 12.1 Å². The van der Waals surface area contributed by atoms with Crippen molar-refractivity contribution in [2.24, 2.45) is 0 Å². The van der Waals surface area contributed by atoms with Crippen molar-refractivity contribution >= 4 is 23.2 Å². The van der Waals surface area contributed by atoms with Crippen LogP contribution in [0.3, 0.4) is 0 Å². The first kappa shape index (κ1) is 18.7. The lowest BCUT2D eigenvalue weighted by Crippen LogP contribution is -2.39. The Morgan fingerprint density at radius 1 is 1.00 bits per heavy atom. The van der Waals surface area contributed by atoms with Crippen LogP contribution in [0.5, 0.6) is 5.75 Å². The number of hydrogen-bond acceptors (Lipinski definition) is 3. The summed E-state index contributed by atoms with van der Waals surface area (Å²) in [4.78, 5) is 11.8. The van der Waals surface area contributed by atoms with E-state index in [1.54, 1.807) is 7.11 Å². The number of nitrogens with one attached hydrogen (secondary N) is 3. The maximum Gasteiger partial charge on any atom is 0.251 e. The normalized spacial score (nSPS) is 10.0. The number of halogens is 1. The van der Waals surface area contributed by atoms with Crippen LogP contribution in [0.25, 0.3) is 0 Å². The van der Waals surface area contributed by atoms with Crippen molar-refractivity contribution in [1.29, 1.82) is 0 Å². The second-order valence-electron chi connectivity index (χ2n) is 5.22. The third kappa shape index (κ3) is 6.39. The first-order valence-electron chi connectivity index (χ1n) is 7.77. The Balaban J connectivity index is 1.63. The number of ether oxygens (including phenoxy) is 1. The van der Waals surface area contributed by atoms with Crippen LogP contribution in [0.4, 0.5) is 4.39 Å². The fraction of sp³-hybridized carbons (Fsp3) is 0.222. The Hall–Kier alpha value is -2.67. The van der Waals surface area contributed by atoms with Crippen LogP contribution in [0.2, 0.25) is 0 Å². The molecule has 7 heteroatoms. The number of carbonyl (C=O) groups is 1. The molecule has 0 spiro atoms. The lowest BCUT2D eigenvalue weighted by Gasteiger charge is -2.11. The fourth-order valence-electron chi connectivity index (χ4n) is 2.04. The summed E-state index contributed by atoms with van der Waals surface area (Å²) in [5.74, 6) is 0.187. The van der Waals surface area contributed by atoms with E-state index in [0.29, 0.717) is 30.3 Å². The molecule has 0 aliphatic heterocycles. The Bertz CT molecular complexity index is 705. The predicted octanol–water partition coefficient (Wildman–Crippen LogP) is 2.23. The number of benzene rings is 2. The largest absolute Gasteiger partial charge is 0.497 e. The van der Waals surface area contributed by atoms with Crippen molar-refractivity contribution in [2.75, 3.05) is 20.2 Å². The van der Waals surface area contributed by atoms with Crippen LogP contribution in [-0.2, 0) is 6.54 Å². The molecule has 0 radical (unpaired) electrons. The van der Waals surface area contributed by atoms with Crippen LogP contribution in [0.15, 0.2) is 48.5 Å². The van der Waals surface area contributed by atoms with Crippen molar-refractivity contribution in [1.82, 2.24) is 16.0 Å². The monoisotopic (exact) mass is 361 g/mol. The molecule has 1 amide bonds. The second-order valence-corrected chi connectivity index (χ2v) is 5.63. The molecule has 0 aliphatic rings. The summed E-state index contributed by atoms with van der Waals surface area (Å²) in [5.41, 5.74) is 1.50. The van der Waals surface area contributed by atoms with E-state index in [2.05, 4.69) is 16.0 Å². The molecule has 0 aliphatic carbocycles. The highest BCUT2D eigenvalue weighted by molar-refractivity contribution is 7.80. The summed E-state index contributed by atoms with van der Waals surface area (Å²) in [6, 6.07) is 13.1. The zero-order valence-corrected chi connectivity index (χ0v) is 14.7. The highest BCUT2D eigenvalue weighted by Crippen LogP contribution is 2.10. The molecule has 3 N–H and O–H groups in total. The first-order chi connectivity index (χ1) is 12.1. The van der Waals surface area contributed by atoms with Gasteiger partial charge >= 0.3 is 0 Å². The summed E-state index contributed by atoms with van der Waals surface area (Å²) in [6.45, 7) is 1.49. The molecule has 0 unspecified atom stereocenters. The SMILES string of the molecule is COc1ccc(CNC(=S)NCCNC(=O)c2ccc(F)cc2)cc1. The van der Waals surface area contributed by atoms with Crippen molar-refractivity contribution in [3.63, 3.8) is 0 Å². The molecule has 0 fully saturated rings. The molecule has 0 heterocycles. The van der Waals surface area contributed by atoms with Crippen molar-refractivity contribution in [3.8, 4) is 5.75 Å². The highest BCUT2D eigenvalue weighted by atomic mass is 32.1. The molecule has 2 aromatic rings.